The lowest BCUT2D eigenvalue weighted by molar-refractivity contribution is -0.129. The largest absolute Gasteiger partial charge is 0.349 e. The van der Waals surface area contributed by atoms with Crippen molar-refractivity contribution in [3.63, 3.8) is 0 Å². The lowest BCUT2D eigenvalue weighted by Gasteiger charge is -2.36. The van der Waals surface area contributed by atoms with Gasteiger partial charge in [0.1, 0.15) is 0 Å². The first kappa shape index (κ1) is 9.38. The minimum atomic E-state index is -2.50. The average molecular weight is 178 g/mol. The third-order valence-corrected chi connectivity index (χ3v) is 2.11. The Bertz CT molecular complexity index is 180. The standard InChI is InChI=1S/C7H12F2N2O/c8-5(9)4-11-6(12)7(10)2-1-3-7/h5H,1-4,10H2,(H,11,12). The van der Waals surface area contributed by atoms with Gasteiger partial charge in [-0.15, -0.1) is 0 Å². The van der Waals surface area contributed by atoms with E-state index in [0.29, 0.717) is 12.8 Å². The maximum Gasteiger partial charge on any atom is 0.255 e. The molecule has 0 radical (unpaired) electrons. The average Bonchev–Trinajstić information content (AvgIpc) is 1.95. The summed E-state index contributed by atoms with van der Waals surface area (Å²) in [5, 5.41) is 2.11. The van der Waals surface area contributed by atoms with Crippen molar-refractivity contribution in [2.24, 2.45) is 5.73 Å². The van der Waals surface area contributed by atoms with Gasteiger partial charge in [0, 0.05) is 0 Å². The Hall–Kier alpha value is -0.710. The number of alkyl halides is 2. The van der Waals surface area contributed by atoms with Crippen LogP contribution in [-0.4, -0.2) is 24.4 Å². The van der Waals surface area contributed by atoms with Crippen LogP contribution in [-0.2, 0) is 4.79 Å². The summed E-state index contributed by atoms with van der Waals surface area (Å²) in [5.41, 5.74) is 4.71. The highest BCUT2D eigenvalue weighted by atomic mass is 19.3. The molecule has 1 aliphatic carbocycles. The van der Waals surface area contributed by atoms with Crippen LogP contribution >= 0.6 is 0 Å². The van der Waals surface area contributed by atoms with Gasteiger partial charge in [-0.05, 0) is 19.3 Å². The first-order valence-corrected chi connectivity index (χ1v) is 3.90. The zero-order valence-corrected chi connectivity index (χ0v) is 6.65. The molecular weight excluding hydrogens is 166 g/mol. The van der Waals surface area contributed by atoms with Crippen molar-refractivity contribution in [2.45, 2.75) is 31.2 Å². The molecule has 0 saturated heterocycles. The van der Waals surface area contributed by atoms with Gasteiger partial charge in [-0.2, -0.15) is 0 Å². The summed E-state index contributed by atoms with van der Waals surface area (Å²) < 4.78 is 23.3. The van der Waals surface area contributed by atoms with Gasteiger partial charge in [0.25, 0.3) is 6.43 Å². The van der Waals surface area contributed by atoms with Gasteiger partial charge in [0.2, 0.25) is 5.91 Å². The molecule has 0 bridgehead atoms. The van der Waals surface area contributed by atoms with E-state index in [0.717, 1.165) is 6.42 Å². The van der Waals surface area contributed by atoms with E-state index in [1.807, 2.05) is 0 Å². The maximum absolute atomic E-state index is 11.6. The van der Waals surface area contributed by atoms with E-state index in [-0.39, 0.29) is 0 Å². The third kappa shape index (κ3) is 1.91. The predicted molar refractivity (Wildman–Crippen MR) is 39.8 cm³/mol. The van der Waals surface area contributed by atoms with Crippen molar-refractivity contribution in [2.75, 3.05) is 6.54 Å². The topological polar surface area (TPSA) is 55.1 Å². The van der Waals surface area contributed by atoms with Crippen molar-refractivity contribution in [1.29, 1.82) is 0 Å². The summed E-state index contributed by atoms with van der Waals surface area (Å²) in [5.74, 6) is -0.450. The van der Waals surface area contributed by atoms with Crippen LogP contribution in [0.3, 0.4) is 0 Å². The molecule has 70 valence electrons. The molecule has 0 aliphatic heterocycles. The van der Waals surface area contributed by atoms with Crippen molar-refractivity contribution in [3.8, 4) is 0 Å². The molecule has 1 rings (SSSR count). The number of hydrogen-bond acceptors (Lipinski definition) is 2. The molecule has 0 aromatic carbocycles. The van der Waals surface area contributed by atoms with Gasteiger partial charge in [0.15, 0.2) is 0 Å². The molecule has 5 heteroatoms. The molecule has 1 aliphatic rings. The molecule has 1 amide bonds. The number of carbonyl (C=O) groups is 1. The highest BCUT2D eigenvalue weighted by Gasteiger charge is 2.39. The Morgan fingerprint density at radius 2 is 2.17 bits per heavy atom. The lowest BCUT2D eigenvalue weighted by Crippen LogP contribution is -2.59. The van der Waals surface area contributed by atoms with E-state index in [1.54, 1.807) is 0 Å². The molecule has 0 unspecified atom stereocenters. The SMILES string of the molecule is NC1(C(=O)NCC(F)F)CCC1. The van der Waals surface area contributed by atoms with Crippen LogP contribution in [0.4, 0.5) is 8.78 Å². The second-order valence-electron chi connectivity index (χ2n) is 3.11. The van der Waals surface area contributed by atoms with Crippen LogP contribution < -0.4 is 11.1 Å². The van der Waals surface area contributed by atoms with E-state index in [4.69, 9.17) is 5.73 Å². The molecule has 0 atom stereocenters. The fourth-order valence-corrected chi connectivity index (χ4v) is 1.13. The van der Waals surface area contributed by atoms with Gasteiger partial charge >= 0.3 is 0 Å². The quantitative estimate of drug-likeness (QED) is 0.650. The molecule has 3 N–H and O–H groups in total. The number of hydrogen-bond donors (Lipinski definition) is 2. The second-order valence-corrected chi connectivity index (χ2v) is 3.11. The third-order valence-electron chi connectivity index (χ3n) is 2.11. The molecule has 1 saturated carbocycles. The number of nitrogens with one attached hydrogen (secondary N) is 1. The number of rotatable bonds is 3. The Balaban J connectivity index is 2.28. The van der Waals surface area contributed by atoms with Gasteiger partial charge in [-0.25, -0.2) is 8.78 Å². The van der Waals surface area contributed by atoms with Gasteiger partial charge in [0.05, 0.1) is 12.1 Å². The fourth-order valence-electron chi connectivity index (χ4n) is 1.13. The minimum Gasteiger partial charge on any atom is -0.349 e. The van der Waals surface area contributed by atoms with Crippen LogP contribution in [0, 0.1) is 0 Å². The molecule has 0 aromatic rings. The second kappa shape index (κ2) is 3.35. The monoisotopic (exact) mass is 178 g/mol. The van der Waals surface area contributed by atoms with Crippen LogP contribution in [0.25, 0.3) is 0 Å². The molecule has 0 heterocycles. The highest BCUT2D eigenvalue weighted by molar-refractivity contribution is 5.86. The number of nitrogens with two attached hydrogens (primary N) is 1. The normalized spacial score (nSPS) is 20.3. The van der Waals surface area contributed by atoms with Crippen LogP contribution in [0.5, 0.6) is 0 Å². The zero-order valence-electron chi connectivity index (χ0n) is 6.65. The van der Waals surface area contributed by atoms with Gasteiger partial charge in [-0.1, -0.05) is 0 Å². The lowest BCUT2D eigenvalue weighted by atomic mass is 9.77. The highest BCUT2D eigenvalue weighted by Crippen LogP contribution is 2.28. The summed E-state index contributed by atoms with van der Waals surface area (Å²) in [4.78, 5) is 11.1. The first-order valence-electron chi connectivity index (χ1n) is 3.90. The summed E-state index contributed by atoms with van der Waals surface area (Å²) >= 11 is 0. The van der Waals surface area contributed by atoms with Crippen molar-refractivity contribution in [1.82, 2.24) is 5.32 Å². The Morgan fingerprint density at radius 1 is 1.58 bits per heavy atom. The molecule has 1 fully saturated rings. The van der Waals surface area contributed by atoms with Crippen LogP contribution in [0.15, 0.2) is 0 Å². The summed E-state index contributed by atoms with van der Waals surface area (Å²) in [7, 11) is 0. The predicted octanol–water partition coefficient (Wildman–Crippen LogP) is 0.249. The van der Waals surface area contributed by atoms with Gasteiger partial charge in [-0.3, -0.25) is 4.79 Å². The van der Waals surface area contributed by atoms with Gasteiger partial charge < -0.3 is 11.1 Å². The first-order chi connectivity index (χ1) is 5.54. The molecule has 12 heavy (non-hydrogen) atoms. The van der Waals surface area contributed by atoms with Crippen molar-refractivity contribution in [3.05, 3.63) is 0 Å². The van der Waals surface area contributed by atoms with Crippen molar-refractivity contribution < 1.29 is 13.6 Å². The van der Waals surface area contributed by atoms with Crippen LogP contribution in [0.2, 0.25) is 0 Å². The molecular formula is C7H12F2N2O. The zero-order chi connectivity index (χ0) is 9.19. The number of carbonyl (C=O) groups excluding carboxylic acids is 1. The van der Waals surface area contributed by atoms with E-state index < -0.39 is 24.4 Å². The summed E-state index contributed by atoms with van der Waals surface area (Å²) in [6, 6.07) is 0. The molecule has 0 spiro atoms. The van der Waals surface area contributed by atoms with Crippen LogP contribution in [0.1, 0.15) is 19.3 Å². The van der Waals surface area contributed by atoms with E-state index >= 15 is 0 Å². The molecule has 0 aromatic heterocycles. The fraction of sp³-hybridized carbons (Fsp3) is 0.857. The minimum absolute atomic E-state index is 0.450. The Morgan fingerprint density at radius 3 is 2.50 bits per heavy atom. The smallest absolute Gasteiger partial charge is 0.255 e. The van der Waals surface area contributed by atoms with E-state index in [2.05, 4.69) is 5.32 Å². The summed E-state index contributed by atoms with van der Waals surface area (Å²) in [6.07, 6.45) is -0.402. The van der Waals surface area contributed by atoms with E-state index in [1.165, 1.54) is 0 Å². The van der Waals surface area contributed by atoms with Crippen molar-refractivity contribution >= 4 is 5.91 Å². The molecule has 3 nitrogen and oxygen atoms in total. The number of halogens is 2. The summed E-state index contributed by atoms with van der Waals surface area (Å²) in [6.45, 7) is -0.599. The Kier molecular flexibility index (Phi) is 2.62. The van der Waals surface area contributed by atoms with E-state index in [9.17, 15) is 13.6 Å². The number of amides is 1. The Labute approximate surface area is 69.3 Å². The maximum atomic E-state index is 11.6.